The summed E-state index contributed by atoms with van der Waals surface area (Å²) in [5, 5.41) is 28.1. The van der Waals surface area contributed by atoms with Crippen molar-refractivity contribution in [3.63, 3.8) is 0 Å². The molecule has 0 radical (unpaired) electrons. The molecule has 68 valence electrons. The minimum absolute atomic E-state index is 0.140. The van der Waals surface area contributed by atoms with Crippen molar-refractivity contribution in [2.45, 2.75) is 12.2 Å². The summed E-state index contributed by atoms with van der Waals surface area (Å²) in [4.78, 5) is 13.9. The summed E-state index contributed by atoms with van der Waals surface area (Å²) in [6, 6.07) is 1.47. The maximum atomic E-state index is 10.2. The van der Waals surface area contributed by atoms with Crippen LogP contribution in [0, 0.1) is 11.3 Å². The minimum atomic E-state index is -1.51. The summed E-state index contributed by atoms with van der Waals surface area (Å²) in [7, 11) is 0. The van der Waals surface area contributed by atoms with Crippen LogP contribution in [0.2, 0.25) is 0 Å². The van der Waals surface area contributed by atoms with Crippen LogP contribution in [0.25, 0.3) is 0 Å². The van der Waals surface area contributed by atoms with Crippen molar-refractivity contribution >= 4 is 17.6 Å². The number of carbonyl (C=O) groups excluding carboxylic acids is 1. The van der Waals surface area contributed by atoms with Crippen LogP contribution in [0.15, 0.2) is 5.38 Å². The van der Waals surface area contributed by atoms with Crippen molar-refractivity contribution in [2.75, 3.05) is 0 Å². The first-order valence-electron chi connectivity index (χ1n) is 3.35. The van der Waals surface area contributed by atoms with E-state index in [4.69, 9.17) is 10.4 Å². The number of carbonyl (C=O) groups is 1. The van der Waals surface area contributed by atoms with Crippen LogP contribution in [-0.4, -0.2) is 27.6 Å². The number of aliphatic hydroxyl groups is 2. The molecule has 1 aromatic heterocycles. The highest BCUT2D eigenvalue weighted by Gasteiger charge is 2.20. The SMILES string of the molecule is N#CC(O)C(O)c1csc(C=O)n1. The molecule has 0 aliphatic rings. The molecule has 0 aliphatic heterocycles. The van der Waals surface area contributed by atoms with Gasteiger partial charge in [0.15, 0.2) is 17.4 Å². The molecule has 2 atom stereocenters. The predicted octanol–water partition coefficient (Wildman–Crippen LogP) is -0.127. The summed E-state index contributed by atoms with van der Waals surface area (Å²) in [6.45, 7) is 0. The molecule has 2 N–H and O–H groups in total. The van der Waals surface area contributed by atoms with E-state index >= 15 is 0 Å². The van der Waals surface area contributed by atoms with Crippen LogP contribution >= 0.6 is 11.3 Å². The highest BCUT2D eigenvalue weighted by atomic mass is 32.1. The number of hydrogen-bond donors (Lipinski definition) is 2. The topological polar surface area (TPSA) is 94.2 Å². The molecule has 0 saturated heterocycles. The smallest absolute Gasteiger partial charge is 0.178 e. The normalized spacial score (nSPS) is 14.5. The second kappa shape index (κ2) is 4.09. The van der Waals surface area contributed by atoms with Crippen LogP contribution < -0.4 is 0 Å². The maximum absolute atomic E-state index is 10.2. The van der Waals surface area contributed by atoms with E-state index in [0.29, 0.717) is 6.29 Å². The van der Waals surface area contributed by atoms with Crippen LogP contribution in [0.1, 0.15) is 21.6 Å². The van der Waals surface area contributed by atoms with Gasteiger partial charge in [0.2, 0.25) is 0 Å². The van der Waals surface area contributed by atoms with Gasteiger partial charge in [-0.3, -0.25) is 4.79 Å². The number of hydrogen-bond acceptors (Lipinski definition) is 6. The number of rotatable bonds is 3. The lowest BCUT2D eigenvalue weighted by Crippen LogP contribution is -2.16. The molecule has 0 aromatic carbocycles. The summed E-state index contributed by atoms with van der Waals surface area (Å²) in [5.41, 5.74) is 0.140. The van der Waals surface area contributed by atoms with Crippen LogP contribution in [0.4, 0.5) is 0 Å². The molecule has 0 saturated carbocycles. The first kappa shape index (κ1) is 9.80. The Kier molecular flexibility index (Phi) is 3.08. The second-order valence-corrected chi connectivity index (χ2v) is 3.14. The molecular formula is C7H6N2O3S. The Hall–Kier alpha value is -1.29. The van der Waals surface area contributed by atoms with Gasteiger partial charge in [0, 0.05) is 5.38 Å². The minimum Gasteiger partial charge on any atom is -0.383 e. The average molecular weight is 198 g/mol. The molecule has 0 amide bonds. The van der Waals surface area contributed by atoms with Gasteiger partial charge in [0.25, 0.3) is 0 Å². The van der Waals surface area contributed by atoms with E-state index in [9.17, 15) is 9.90 Å². The first-order chi connectivity index (χ1) is 6.19. The summed E-state index contributed by atoms with van der Waals surface area (Å²) in [5.74, 6) is 0. The Morgan fingerprint density at radius 1 is 1.69 bits per heavy atom. The lowest BCUT2D eigenvalue weighted by atomic mass is 10.2. The van der Waals surface area contributed by atoms with Gasteiger partial charge < -0.3 is 10.2 Å². The van der Waals surface area contributed by atoms with Gasteiger partial charge >= 0.3 is 0 Å². The van der Waals surface area contributed by atoms with Crippen molar-refractivity contribution in [1.82, 2.24) is 4.98 Å². The van der Waals surface area contributed by atoms with Gasteiger partial charge in [0.05, 0.1) is 11.8 Å². The summed E-state index contributed by atoms with van der Waals surface area (Å²) < 4.78 is 0. The Labute approximate surface area is 77.9 Å². The highest BCUT2D eigenvalue weighted by Crippen LogP contribution is 2.18. The molecule has 0 bridgehead atoms. The highest BCUT2D eigenvalue weighted by molar-refractivity contribution is 7.11. The Balaban J connectivity index is 2.83. The van der Waals surface area contributed by atoms with Crippen LogP contribution in [0.5, 0.6) is 0 Å². The van der Waals surface area contributed by atoms with Crippen LogP contribution in [-0.2, 0) is 0 Å². The molecule has 6 heteroatoms. The fraction of sp³-hybridized carbons (Fsp3) is 0.286. The largest absolute Gasteiger partial charge is 0.383 e. The second-order valence-electron chi connectivity index (χ2n) is 2.25. The third kappa shape index (κ3) is 2.09. The number of aliphatic hydroxyl groups excluding tert-OH is 2. The maximum Gasteiger partial charge on any atom is 0.178 e. The molecule has 1 heterocycles. The molecule has 5 nitrogen and oxygen atoms in total. The Morgan fingerprint density at radius 3 is 2.85 bits per heavy atom. The summed E-state index contributed by atoms with van der Waals surface area (Å²) >= 11 is 1.05. The van der Waals surface area contributed by atoms with Crippen molar-refractivity contribution < 1.29 is 15.0 Å². The molecule has 0 aliphatic carbocycles. The molecule has 13 heavy (non-hydrogen) atoms. The van der Waals surface area contributed by atoms with Crippen LogP contribution in [0.3, 0.4) is 0 Å². The quantitative estimate of drug-likeness (QED) is 0.521. The average Bonchev–Trinajstić information content (AvgIpc) is 2.63. The fourth-order valence-electron chi connectivity index (χ4n) is 0.723. The van der Waals surface area contributed by atoms with Gasteiger partial charge in [-0.1, -0.05) is 0 Å². The monoisotopic (exact) mass is 198 g/mol. The van der Waals surface area contributed by atoms with Gasteiger partial charge in [0.1, 0.15) is 6.10 Å². The predicted molar refractivity (Wildman–Crippen MR) is 44.1 cm³/mol. The molecular weight excluding hydrogens is 192 g/mol. The lowest BCUT2D eigenvalue weighted by Gasteiger charge is -2.07. The Morgan fingerprint density at radius 2 is 2.38 bits per heavy atom. The molecule has 1 rings (SSSR count). The molecule has 0 spiro atoms. The van der Waals surface area contributed by atoms with Crippen molar-refractivity contribution in [2.24, 2.45) is 0 Å². The number of thiazole rings is 1. The molecule has 0 fully saturated rings. The van der Waals surface area contributed by atoms with E-state index in [0.717, 1.165) is 11.3 Å². The number of nitrogens with zero attached hydrogens (tertiary/aromatic N) is 2. The Bertz CT molecular complexity index is 344. The number of aldehydes is 1. The van der Waals surface area contributed by atoms with E-state index in [2.05, 4.69) is 4.98 Å². The third-order valence-electron chi connectivity index (χ3n) is 1.37. The van der Waals surface area contributed by atoms with Gasteiger partial charge in [-0.05, 0) is 0 Å². The van der Waals surface area contributed by atoms with E-state index < -0.39 is 12.2 Å². The van der Waals surface area contributed by atoms with Gasteiger partial charge in [-0.2, -0.15) is 5.26 Å². The molecule has 2 unspecified atom stereocenters. The van der Waals surface area contributed by atoms with Gasteiger partial charge in [-0.25, -0.2) is 4.98 Å². The summed E-state index contributed by atoms with van der Waals surface area (Å²) in [6.07, 6.45) is -2.32. The zero-order valence-corrected chi connectivity index (χ0v) is 7.23. The zero-order valence-electron chi connectivity index (χ0n) is 6.41. The van der Waals surface area contributed by atoms with Gasteiger partial charge in [-0.15, -0.1) is 11.3 Å². The van der Waals surface area contributed by atoms with E-state index in [1.54, 1.807) is 0 Å². The van der Waals surface area contributed by atoms with E-state index in [-0.39, 0.29) is 10.7 Å². The standard InChI is InChI=1S/C7H6N2O3S/c8-1-5(11)7(12)4-3-13-6(2-10)9-4/h2-3,5,7,11-12H. The van der Waals surface area contributed by atoms with Crippen molar-refractivity contribution in [3.8, 4) is 6.07 Å². The van der Waals surface area contributed by atoms with Crippen molar-refractivity contribution in [3.05, 3.63) is 16.1 Å². The van der Waals surface area contributed by atoms with E-state index in [1.807, 2.05) is 0 Å². The van der Waals surface area contributed by atoms with Crippen molar-refractivity contribution in [1.29, 1.82) is 5.26 Å². The zero-order chi connectivity index (χ0) is 9.84. The van der Waals surface area contributed by atoms with E-state index in [1.165, 1.54) is 11.4 Å². The number of aromatic nitrogens is 1. The first-order valence-corrected chi connectivity index (χ1v) is 4.23. The lowest BCUT2D eigenvalue weighted by molar-refractivity contribution is 0.0502. The number of nitriles is 1. The third-order valence-corrected chi connectivity index (χ3v) is 2.16. The molecule has 1 aromatic rings. The fourth-order valence-corrected chi connectivity index (χ4v) is 1.37.